The Balaban J connectivity index is 1.56. The van der Waals surface area contributed by atoms with Gasteiger partial charge in [-0.2, -0.15) is 0 Å². The molecule has 0 spiro atoms. The van der Waals surface area contributed by atoms with Gasteiger partial charge in [0.15, 0.2) is 6.04 Å². The lowest BCUT2D eigenvalue weighted by atomic mass is 10.1. The molecule has 2 amide bonds. The lowest BCUT2D eigenvalue weighted by Gasteiger charge is -2.13. The first kappa shape index (κ1) is 16.2. The molecule has 1 aliphatic rings. The smallest absolute Gasteiger partial charge is 0.292 e. The maximum Gasteiger partial charge on any atom is 0.292 e. The number of nitrogens with zero attached hydrogens (tertiary/aromatic N) is 1. The number of quaternary nitrogens is 1. The van der Waals surface area contributed by atoms with E-state index in [-0.39, 0.29) is 24.3 Å². The number of anilines is 1. The van der Waals surface area contributed by atoms with E-state index >= 15 is 0 Å². The van der Waals surface area contributed by atoms with Gasteiger partial charge in [-0.05, 0) is 29.8 Å². The van der Waals surface area contributed by atoms with Crippen molar-refractivity contribution in [1.82, 2.24) is 0 Å². The summed E-state index contributed by atoms with van der Waals surface area (Å²) in [5.41, 5.74) is 1.84. The number of hydrogen-bond donors (Lipinski definition) is 1. The molecule has 1 heterocycles. The number of para-hydroxylation sites is 1. The minimum Gasteiger partial charge on any atom is -0.497 e. The van der Waals surface area contributed by atoms with Gasteiger partial charge in [0.2, 0.25) is 5.91 Å². The molecule has 0 bridgehead atoms. The van der Waals surface area contributed by atoms with Gasteiger partial charge >= 0.3 is 0 Å². The summed E-state index contributed by atoms with van der Waals surface area (Å²) >= 11 is 0. The molecule has 1 unspecified atom stereocenters. The van der Waals surface area contributed by atoms with Crippen LogP contribution in [0.4, 0.5) is 5.69 Å². The van der Waals surface area contributed by atoms with Crippen LogP contribution in [0.15, 0.2) is 54.6 Å². The number of amides is 2. The zero-order valence-corrected chi connectivity index (χ0v) is 13.6. The van der Waals surface area contributed by atoms with Crippen molar-refractivity contribution in [2.75, 3.05) is 18.6 Å². The molecule has 0 radical (unpaired) electrons. The molecule has 2 N–H and O–H groups in total. The standard InChI is InChI=1S/C19H20N2O3/c1-24-16-9-7-14(8-10-16)11-12-20-17-13-18(22)21(19(17)23)15-5-3-2-4-6-15/h2-10,17,20H,11-13H2,1H3/p+1. The Labute approximate surface area is 141 Å². The van der Waals surface area contributed by atoms with Crippen LogP contribution >= 0.6 is 0 Å². The zero-order valence-electron chi connectivity index (χ0n) is 13.6. The SMILES string of the molecule is COc1ccc(CC[NH2+]C2CC(=O)N(c3ccccc3)C2=O)cc1. The predicted octanol–water partition coefficient (Wildman–Crippen LogP) is 1.13. The highest BCUT2D eigenvalue weighted by Gasteiger charge is 2.41. The van der Waals surface area contributed by atoms with Crippen molar-refractivity contribution in [3.05, 3.63) is 60.2 Å². The van der Waals surface area contributed by atoms with Gasteiger partial charge in [0.1, 0.15) is 5.75 Å². The van der Waals surface area contributed by atoms with Crippen LogP contribution in [0.5, 0.6) is 5.75 Å². The van der Waals surface area contributed by atoms with Crippen molar-refractivity contribution in [1.29, 1.82) is 0 Å². The van der Waals surface area contributed by atoms with Gasteiger partial charge in [-0.3, -0.25) is 9.59 Å². The molecule has 2 aromatic carbocycles. The molecule has 124 valence electrons. The summed E-state index contributed by atoms with van der Waals surface area (Å²) in [6.07, 6.45) is 1.10. The average Bonchev–Trinajstić information content (AvgIpc) is 2.90. The normalized spacial score (nSPS) is 17.4. The quantitative estimate of drug-likeness (QED) is 0.810. The van der Waals surface area contributed by atoms with Crippen molar-refractivity contribution in [3.8, 4) is 5.75 Å². The zero-order chi connectivity index (χ0) is 16.9. The van der Waals surface area contributed by atoms with E-state index in [1.807, 2.05) is 47.8 Å². The Hall–Kier alpha value is -2.66. The summed E-state index contributed by atoms with van der Waals surface area (Å²) in [6, 6.07) is 16.7. The lowest BCUT2D eigenvalue weighted by Crippen LogP contribution is -2.92. The Morgan fingerprint density at radius 1 is 1.08 bits per heavy atom. The van der Waals surface area contributed by atoms with Gasteiger partial charge in [-0.15, -0.1) is 0 Å². The molecular weight excluding hydrogens is 304 g/mol. The van der Waals surface area contributed by atoms with E-state index in [1.54, 1.807) is 19.2 Å². The minimum atomic E-state index is -0.323. The van der Waals surface area contributed by atoms with Gasteiger partial charge in [-0.1, -0.05) is 30.3 Å². The first-order valence-electron chi connectivity index (χ1n) is 8.07. The van der Waals surface area contributed by atoms with Gasteiger partial charge in [0.05, 0.1) is 25.8 Å². The van der Waals surface area contributed by atoms with Crippen molar-refractivity contribution in [3.63, 3.8) is 0 Å². The fourth-order valence-electron chi connectivity index (χ4n) is 2.93. The minimum absolute atomic E-state index is 0.124. The summed E-state index contributed by atoms with van der Waals surface area (Å²) < 4.78 is 5.14. The van der Waals surface area contributed by atoms with Crippen LogP contribution in [0.25, 0.3) is 0 Å². The maximum atomic E-state index is 12.5. The van der Waals surface area contributed by atoms with Crippen LogP contribution in [-0.4, -0.2) is 31.5 Å². The molecule has 5 nitrogen and oxygen atoms in total. The Morgan fingerprint density at radius 2 is 1.79 bits per heavy atom. The highest BCUT2D eigenvalue weighted by atomic mass is 16.5. The summed E-state index contributed by atoms with van der Waals surface area (Å²) in [4.78, 5) is 26.0. The second-order valence-corrected chi connectivity index (χ2v) is 5.84. The number of imide groups is 1. The molecule has 24 heavy (non-hydrogen) atoms. The largest absolute Gasteiger partial charge is 0.497 e. The third kappa shape index (κ3) is 3.46. The number of carbonyl (C=O) groups is 2. The van der Waals surface area contributed by atoms with Crippen LogP contribution < -0.4 is 15.0 Å². The summed E-state index contributed by atoms with van der Waals surface area (Å²) in [7, 11) is 1.64. The monoisotopic (exact) mass is 325 g/mol. The van der Waals surface area contributed by atoms with Gasteiger partial charge in [-0.25, -0.2) is 4.90 Å². The molecule has 3 rings (SSSR count). The number of benzene rings is 2. The summed E-state index contributed by atoms with van der Waals surface area (Å²) in [6.45, 7) is 0.763. The molecule has 1 fully saturated rings. The van der Waals surface area contributed by atoms with Crippen LogP contribution in [0, 0.1) is 0 Å². The predicted molar refractivity (Wildman–Crippen MR) is 90.8 cm³/mol. The summed E-state index contributed by atoms with van der Waals surface area (Å²) in [5, 5.41) is 1.97. The van der Waals surface area contributed by atoms with Crippen molar-refractivity contribution < 1.29 is 19.6 Å². The first-order chi connectivity index (χ1) is 11.7. The molecule has 1 saturated heterocycles. The molecule has 2 aromatic rings. The van der Waals surface area contributed by atoms with E-state index in [4.69, 9.17) is 4.74 Å². The number of ether oxygens (including phenoxy) is 1. The first-order valence-corrected chi connectivity index (χ1v) is 8.07. The number of rotatable bonds is 6. The number of hydrogen-bond acceptors (Lipinski definition) is 3. The third-order valence-electron chi connectivity index (χ3n) is 4.24. The Kier molecular flexibility index (Phi) is 4.91. The van der Waals surface area contributed by atoms with E-state index < -0.39 is 0 Å². The average molecular weight is 325 g/mol. The number of carbonyl (C=O) groups excluding carboxylic acids is 2. The van der Waals surface area contributed by atoms with Crippen LogP contribution in [0.1, 0.15) is 12.0 Å². The highest BCUT2D eigenvalue weighted by molar-refractivity contribution is 6.21. The van der Waals surface area contributed by atoms with Crippen LogP contribution in [-0.2, 0) is 16.0 Å². The van der Waals surface area contributed by atoms with E-state index in [9.17, 15) is 9.59 Å². The number of nitrogens with two attached hydrogens (primary N) is 1. The van der Waals surface area contributed by atoms with Crippen molar-refractivity contribution >= 4 is 17.5 Å². The van der Waals surface area contributed by atoms with E-state index in [0.29, 0.717) is 5.69 Å². The van der Waals surface area contributed by atoms with Gasteiger partial charge < -0.3 is 10.1 Å². The Bertz CT molecular complexity index is 713. The van der Waals surface area contributed by atoms with Crippen molar-refractivity contribution in [2.24, 2.45) is 0 Å². The van der Waals surface area contributed by atoms with E-state index in [1.165, 1.54) is 10.5 Å². The van der Waals surface area contributed by atoms with Gasteiger partial charge in [0, 0.05) is 6.42 Å². The van der Waals surface area contributed by atoms with Crippen LogP contribution in [0.2, 0.25) is 0 Å². The number of methoxy groups -OCH3 is 1. The van der Waals surface area contributed by atoms with Gasteiger partial charge in [0.25, 0.3) is 5.91 Å². The molecule has 0 aromatic heterocycles. The molecule has 5 heteroatoms. The fraction of sp³-hybridized carbons (Fsp3) is 0.263. The molecule has 0 saturated carbocycles. The summed E-state index contributed by atoms with van der Waals surface area (Å²) in [5.74, 6) is 0.579. The van der Waals surface area contributed by atoms with E-state index in [2.05, 4.69) is 0 Å². The fourth-order valence-corrected chi connectivity index (χ4v) is 2.93. The third-order valence-corrected chi connectivity index (χ3v) is 4.24. The second kappa shape index (κ2) is 7.27. The van der Waals surface area contributed by atoms with E-state index in [0.717, 1.165) is 18.7 Å². The highest BCUT2D eigenvalue weighted by Crippen LogP contribution is 2.20. The van der Waals surface area contributed by atoms with Crippen molar-refractivity contribution in [2.45, 2.75) is 18.9 Å². The maximum absolute atomic E-state index is 12.5. The van der Waals surface area contributed by atoms with Crippen LogP contribution in [0.3, 0.4) is 0 Å². The molecule has 1 atom stereocenters. The molecular formula is C19H21N2O3+. The lowest BCUT2D eigenvalue weighted by molar-refractivity contribution is -0.674. The topological polar surface area (TPSA) is 63.2 Å². The Morgan fingerprint density at radius 3 is 2.46 bits per heavy atom. The second-order valence-electron chi connectivity index (χ2n) is 5.84. The molecule has 1 aliphatic heterocycles. The molecule has 0 aliphatic carbocycles.